The van der Waals surface area contributed by atoms with Gasteiger partial charge in [0.1, 0.15) is 11.7 Å². The van der Waals surface area contributed by atoms with Crippen molar-refractivity contribution in [3.05, 3.63) is 35.9 Å². The van der Waals surface area contributed by atoms with Gasteiger partial charge in [-0.1, -0.05) is 71.9 Å². The van der Waals surface area contributed by atoms with Crippen LogP contribution in [0.2, 0.25) is 36.3 Å². The Morgan fingerprint density at radius 2 is 1.23 bits per heavy atom. The Kier molecular flexibility index (Phi) is 9.73. The van der Waals surface area contributed by atoms with Crippen LogP contribution >= 0.6 is 0 Å². The van der Waals surface area contributed by atoms with Crippen molar-refractivity contribution in [3.8, 4) is 0 Å². The highest BCUT2D eigenvalue weighted by atomic mass is 28.4. The highest BCUT2D eigenvalue weighted by Crippen LogP contribution is 2.39. The largest absolute Gasteiger partial charge is 0.414 e. The minimum absolute atomic E-state index is 0.0165. The Bertz CT molecular complexity index is 633. The second-order valence-corrected chi connectivity index (χ2v) is 21.3. The van der Waals surface area contributed by atoms with Gasteiger partial charge in [0.25, 0.3) is 0 Å². The fraction of sp³-hybridized carbons (Fsp3) is 0.750. The Labute approximate surface area is 192 Å². The van der Waals surface area contributed by atoms with E-state index in [-0.39, 0.29) is 23.3 Å². The van der Waals surface area contributed by atoms with Crippen LogP contribution < -0.4 is 0 Å². The molecule has 31 heavy (non-hydrogen) atoms. The topological polar surface area (TPSA) is 68.2 Å². The van der Waals surface area contributed by atoms with Gasteiger partial charge < -0.3 is 23.8 Å². The molecule has 180 valence electrons. The van der Waals surface area contributed by atoms with E-state index >= 15 is 0 Å². The van der Waals surface area contributed by atoms with Gasteiger partial charge in [0.15, 0.2) is 16.6 Å². The van der Waals surface area contributed by atoms with Crippen LogP contribution in [0, 0.1) is 0 Å². The molecule has 5 nitrogen and oxygen atoms in total. The first-order valence-electron chi connectivity index (χ1n) is 11.2. The average molecular weight is 471 g/mol. The van der Waals surface area contributed by atoms with Crippen LogP contribution in [0.25, 0.3) is 0 Å². The highest BCUT2D eigenvalue weighted by molar-refractivity contribution is 6.74. The molecule has 7 heteroatoms. The number of hydrogen-bond donors (Lipinski definition) is 2. The van der Waals surface area contributed by atoms with Gasteiger partial charge in [-0.25, -0.2) is 0 Å². The summed E-state index contributed by atoms with van der Waals surface area (Å²) < 4.78 is 19.4. The van der Waals surface area contributed by atoms with Gasteiger partial charge in [-0.15, -0.1) is 0 Å². The number of benzene rings is 1. The van der Waals surface area contributed by atoms with E-state index in [1.54, 1.807) is 0 Å². The molecule has 0 saturated carbocycles. The van der Waals surface area contributed by atoms with Crippen molar-refractivity contribution in [2.24, 2.45) is 0 Å². The molecule has 0 amide bonds. The molecule has 1 aromatic rings. The maximum atomic E-state index is 10.9. The van der Waals surface area contributed by atoms with Crippen molar-refractivity contribution in [3.63, 3.8) is 0 Å². The second kappa shape index (κ2) is 10.6. The smallest absolute Gasteiger partial charge is 0.192 e. The maximum absolute atomic E-state index is 10.9. The lowest BCUT2D eigenvalue weighted by Crippen LogP contribution is -2.59. The fourth-order valence-electron chi connectivity index (χ4n) is 2.42. The van der Waals surface area contributed by atoms with Crippen LogP contribution in [0.1, 0.15) is 47.1 Å². The standard InChI is InChI=1S/C24H46O5Si2/c1-22(2,3)30(7,8)28-18-24(21(26)16-25,19-29-31(9,10)23(4,5)6)27-17-20-14-12-11-13-15-20/h11-15,21,25-26H,16-19H2,1-10H3. The zero-order chi connectivity index (χ0) is 24.1. The molecule has 1 atom stereocenters. The maximum Gasteiger partial charge on any atom is 0.192 e. The molecular formula is C24H46O5Si2. The molecule has 0 bridgehead atoms. The van der Waals surface area contributed by atoms with Gasteiger partial charge in [0.05, 0.1) is 26.4 Å². The van der Waals surface area contributed by atoms with E-state index in [0.717, 1.165) is 5.56 Å². The summed E-state index contributed by atoms with van der Waals surface area (Å²) >= 11 is 0. The van der Waals surface area contributed by atoms with Crippen molar-refractivity contribution < 1.29 is 23.8 Å². The number of hydrogen-bond acceptors (Lipinski definition) is 5. The van der Waals surface area contributed by atoms with E-state index in [9.17, 15) is 10.2 Å². The van der Waals surface area contributed by atoms with Crippen molar-refractivity contribution in [1.82, 2.24) is 0 Å². The third-order valence-electron chi connectivity index (χ3n) is 7.12. The average Bonchev–Trinajstić information content (AvgIpc) is 2.66. The minimum Gasteiger partial charge on any atom is -0.414 e. The molecule has 0 aliphatic heterocycles. The summed E-state index contributed by atoms with van der Waals surface area (Å²) in [6.07, 6.45) is -1.12. The molecule has 0 saturated heterocycles. The molecule has 0 fully saturated rings. The number of ether oxygens (including phenoxy) is 1. The quantitative estimate of drug-likeness (QED) is 0.427. The summed E-state index contributed by atoms with van der Waals surface area (Å²) in [4.78, 5) is 0. The van der Waals surface area contributed by atoms with Crippen LogP contribution in [0.15, 0.2) is 30.3 Å². The molecule has 1 rings (SSSR count). The van der Waals surface area contributed by atoms with Gasteiger partial charge in [-0.2, -0.15) is 0 Å². The summed E-state index contributed by atoms with van der Waals surface area (Å²) in [6, 6.07) is 9.85. The molecule has 0 radical (unpaired) electrons. The molecule has 1 unspecified atom stereocenters. The summed E-state index contributed by atoms with van der Waals surface area (Å²) in [5, 5.41) is 20.9. The van der Waals surface area contributed by atoms with Crippen molar-refractivity contribution in [2.75, 3.05) is 19.8 Å². The van der Waals surface area contributed by atoms with Crippen LogP contribution in [0.4, 0.5) is 0 Å². The molecular weight excluding hydrogens is 424 g/mol. The lowest BCUT2D eigenvalue weighted by atomic mass is 9.99. The van der Waals surface area contributed by atoms with E-state index in [1.165, 1.54) is 0 Å². The summed E-state index contributed by atoms with van der Waals surface area (Å²) in [7, 11) is -4.22. The van der Waals surface area contributed by atoms with E-state index in [4.69, 9.17) is 13.6 Å². The van der Waals surface area contributed by atoms with Gasteiger partial charge in [-0.05, 0) is 41.8 Å². The summed E-state index contributed by atoms with van der Waals surface area (Å²) in [5.41, 5.74) is -0.160. The first kappa shape index (κ1) is 28.5. The molecule has 0 aliphatic rings. The molecule has 0 spiro atoms. The van der Waals surface area contributed by atoms with Crippen LogP contribution in [0.5, 0.6) is 0 Å². The lowest BCUT2D eigenvalue weighted by molar-refractivity contribution is -0.179. The molecule has 2 N–H and O–H groups in total. The molecule has 1 aromatic carbocycles. The van der Waals surface area contributed by atoms with Crippen LogP contribution in [0.3, 0.4) is 0 Å². The predicted octanol–water partition coefficient (Wildman–Crippen LogP) is 5.34. The lowest BCUT2D eigenvalue weighted by Gasteiger charge is -2.45. The van der Waals surface area contributed by atoms with E-state index < -0.39 is 34.9 Å². The zero-order valence-corrected chi connectivity index (χ0v) is 23.4. The molecule has 0 heterocycles. The van der Waals surface area contributed by atoms with Gasteiger partial charge in [-0.3, -0.25) is 0 Å². The second-order valence-electron chi connectivity index (χ2n) is 11.6. The Hall–Kier alpha value is -0.546. The normalized spacial score (nSPS) is 15.2. The SMILES string of the molecule is CC(C)(C)[Si](C)(C)OCC(CO[Si](C)(C)C(C)(C)C)(OCc1ccccc1)C(O)CO. The van der Waals surface area contributed by atoms with Crippen molar-refractivity contribution >= 4 is 16.6 Å². The Morgan fingerprint density at radius 3 is 1.58 bits per heavy atom. The number of aliphatic hydroxyl groups is 2. The Morgan fingerprint density at radius 1 is 0.806 bits per heavy atom. The van der Waals surface area contributed by atoms with E-state index in [2.05, 4.69) is 67.7 Å². The van der Waals surface area contributed by atoms with Crippen molar-refractivity contribution in [1.29, 1.82) is 0 Å². The van der Waals surface area contributed by atoms with Crippen LogP contribution in [-0.4, -0.2) is 58.4 Å². The molecule has 0 aromatic heterocycles. The molecule has 0 aliphatic carbocycles. The predicted molar refractivity (Wildman–Crippen MR) is 133 cm³/mol. The summed E-state index contributed by atoms with van der Waals surface area (Å²) in [5.74, 6) is 0. The van der Waals surface area contributed by atoms with E-state index in [0.29, 0.717) is 6.61 Å². The minimum atomic E-state index is -2.11. The number of aliphatic hydroxyl groups excluding tert-OH is 2. The third kappa shape index (κ3) is 7.77. The van der Waals surface area contributed by atoms with Gasteiger partial charge in [0, 0.05) is 0 Å². The van der Waals surface area contributed by atoms with Gasteiger partial charge in [0.2, 0.25) is 0 Å². The van der Waals surface area contributed by atoms with Gasteiger partial charge >= 0.3 is 0 Å². The monoisotopic (exact) mass is 470 g/mol. The first-order valence-corrected chi connectivity index (χ1v) is 17.0. The Balaban J connectivity index is 3.23. The first-order chi connectivity index (χ1) is 14.0. The van der Waals surface area contributed by atoms with Crippen LogP contribution in [-0.2, 0) is 20.2 Å². The van der Waals surface area contributed by atoms with E-state index in [1.807, 2.05) is 30.3 Å². The van der Waals surface area contributed by atoms with Crippen molar-refractivity contribution in [2.45, 2.75) is 96.1 Å². The highest BCUT2D eigenvalue weighted by Gasteiger charge is 2.47. The third-order valence-corrected chi connectivity index (χ3v) is 16.1. The summed E-state index contributed by atoms with van der Waals surface area (Å²) in [6.45, 7) is 22.0. The number of rotatable bonds is 11. The fourth-order valence-corrected chi connectivity index (χ4v) is 4.50. The zero-order valence-electron chi connectivity index (χ0n) is 21.4.